The van der Waals surface area contributed by atoms with Gasteiger partial charge in [-0.1, -0.05) is 13.5 Å². The average Bonchev–Trinajstić information content (AvgIpc) is 1.86. The van der Waals surface area contributed by atoms with Gasteiger partial charge in [0.1, 0.15) is 5.60 Å². The predicted octanol–water partition coefficient (Wildman–Crippen LogP) is 2.29. The Kier molecular flexibility index (Phi) is 3.30. The third-order valence-corrected chi connectivity index (χ3v) is 1.95. The number of ether oxygens (including phenoxy) is 1. The van der Waals surface area contributed by atoms with Gasteiger partial charge in [-0.15, -0.1) is 0 Å². The first-order valence-electron chi connectivity index (χ1n) is 3.78. The zero-order chi connectivity index (χ0) is 9.07. The molecule has 0 aliphatic carbocycles. The van der Waals surface area contributed by atoms with Crippen LogP contribution in [0.25, 0.3) is 0 Å². The minimum absolute atomic E-state index is 0.252. The highest BCUT2D eigenvalue weighted by Crippen LogP contribution is 2.23. The first kappa shape index (κ1) is 10.2. The van der Waals surface area contributed by atoms with Crippen molar-refractivity contribution in [2.75, 3.05) is 0 Å². The van der Waals surface area contributed by atoms with Crippen molar-refractivity contribution in [2.24, 2.45) is 0 Å². The van der Waals surface area contributed by atoms with Crippen molar-refractivity contribution in [3.63, 3.8) is 0 Å². The molecule has 0 radical (unpaired) electrons. The molecule has 0 aromatic rings. The lowest BCUT2D eigenvalue weighted by atomic mass is 9.95. The molecule has 0 saturated heterocycles. The van der Waals surface area contributed by atoms with Gasteiger partial charge in [0.15, 0.2) is 0 Å². The van der Waals surface area contributed by atoms with Crippen molar-refractivity contribution < 1.29 is 9.53 Å². The van der Waals surface area contributed by atoms with Gasteiger partial charge in [-0.25, -0.2) is 0 Å². The Balaban J connectivity index is 4.34. The molecule has 0 aromatic heterocycles. The zero-order valence-corrected chi connectivity index (χ0v) is 7.73. The van der Waals surface area contributed by atoms with Crippen LogP contribution in [-0.2, 0) is 9.53 Å². The molecule has 11 heavy (non-hydrogen) atoms. The first-order chi connectivity index (χ1) is 4.92. The van der Waals surface area contributed by atoms with Crippen LogP contribution in [0.2, 0.25) is 0 Å². The Labute approximate surface area is 68.2 Å². The maximum Gasteiger partial charge on any atom is 0.303 e. The molecule has 0 saturated carbocycles. The minimum Gasteiger partial charge on any atom is -0.455 e. The first-order valence-corrected chi connectivity index (χ1v) is 3.78. The summed E-state index contributed by atoms with van der Waals surface area (Å²) in [5, 5.41) is 0. The highest BCUT2D eigenvalue weighted by molar-refractivity contribution is 5.67. The van der Waals surface area contributed by atoms with Crippen LogP contribution in [0.4, 0.5) is 0 Å². The lowest BCUT2D eigenvalue weighted by Crippen LogP contribution is -2.30. The Morgan fingerprint density at radius 2 is 2.00 bits per heavy atom. The van der Waals surface area contributed by atoms with Crippen molar-refractivity contribution in [3.05, 3.63) is 12.2 Å². The molecule has 1 atom stereocenters. The van der Waals surface area contributed by atoms with E-state index in [-0.39, 0.29) is 5.97 Å². The maximum absolute atomic E-state index is 10.7. The van der Waals surface area contributed by atoms with E-state index in [0.29, 0.717) is 0 Å². The van der Waals surface area contributed by atoms with Crippen LogP contribution in [0.1, 0.15) is 34.1 Å². The van der Waals surface area contributed by atoms with E-state index >= 15 is 0 Å². The van der Waals surface area contributed by atoms with Crippen molar-refractivity contribution in [2.45, 2.75) is 39.7 Å². The minimum atomic E-state index is -0.480. The third-order valence-electron chi connectivity index (χ3n) is 1.95. The van der Waals surface area contributed by atoms with Gasteiger partial charge in [-0.3, -0.25) is 4.79 Å². The molecule has 64 valence electrons. The second-order valence-electron chi connectivity index (χ2n) is 2.96. The largest absolute Gasteiger partial charge is 0.455 e. The summed E-state index contributed by atoms with van der Waals surface area (Å²) in [5.41, 5.74) is 0.404. The molecular formula is C9H16O2. The SMILES string of the molecule is C=C(C)C(C)(CC)OC(C)=O. The number of rotatable bonds is 3. The molecule has 0 N–H and O–H groups in total. The molecular weight excluding hydrogens is 140 g/mol. The quantitative estimate of drug-likeness (QED) is 0.463. The maximum atomic E-state index is 10.7. The van der Waals surface area contributed by atoms with E-state index in [9.17, 15) is 4.79 Å². The Morgan fingerprint density at radius 3 is 2.09 bits per heavy atom. The van der Waals surface area contributed by atoms with Crippen LogP contribution in [0.5, 0.6) is 0 Å². The third kappa shape index (κ3) is 2.74. The summed E-state index contributed by atoms with van der Waals surface area (Å²) in [5.74, 6) is -0.252. The number of carbonyl (C=O) groups excluding carboxylic acids is 1. The summed E-state index contributed by atoms with van der Waals surface area (Å²) in [7, 11) is 0. The fourth-order valence-electron chi connectivity index (χ4n) is 0.778. The van der Waals surface area contributed by atoms with E-state index in [4.69, 9.17) is 4.74 Å². The molecule has 0 aliphatic heterocycles. The van der Waals surface area contributed by atoms with Gasteiger partial charge in [-0.2, -0.15) is 0 Å². The van der Waals surface area contributed by atoms with Crippen LogP contribution >= 0.6 is 0 Å². The molecule has 2 nitrogen and oxygen atoms in total. The van der Waals surface area contributed by atoms with Gasteiger partial charge in [0.05, 0.1) is 0 Å². The summed E-state index contributed by atoms with van der Waals surface area (Å²) >= 11 is 0. The fourth-order valence-corrected chi connectivity index (χ4v) is 0.778. The van der Waals surface area contributed by atoms with Crippen LogP contribution < -0.4 is 0 Å². The molecule has 1 unspecified atom stereocenters. The van der Waals surface area contributed by atoms with E-state index in [1.54, 1.807) is 0 Å². The van der Waals surface area contributed by atoms with Crippen molar-refractivity contribution in [1.82, 2.24) is 0 Å². The summed E-state index contributed by atoms with van der Waals surface area (Å²) in [4.78, 5) is 10.7. The zero-order valence-electron chi connectivity index (χ0n) is 7.73. The molecule has 0 aliphatic rings. The molecule has 0 spiro atoms. The highest BCUT2D eigenvalue weighted by Gasteiger charge is 2.25. The summed E-state index contributed by atoms with van der Waals surface area (Å²) in [6, 6.07) is 0. The fraction of sp³-hybridized carbons (Fsp3) is 0.667. The second-order valence-corrected chi connectivity index (χ2v) is 2.96. The standard InChI is InChI=1S/C9H16O2/c1-6-9(5,7(2)3)11-8(4)10/h2,6H2,1,3-5H3. The Bertz CT molecular complexity index is 172. The van der Waals surface area contributed by atoms with E-state index < -0.39 is 5.60 Å². The van der Waals surface area contributed by atoms with E-state index in [0.717, 1.165) is 12.0 Å². The number of carbonyl (C=O) groups is 1. The number of esters is 1. The van der Waals surface area contributed by atoms with Gasteiger partial charge in [-0.05, 0) is 25.8 Å². The predicted molar refractivity (Wildman–Crippen MR) is 45.3 cm³/mol. The summed E-state index contributed by atoms with van der Waals surface area (Å²) in [6.45, 7) is 10.9. The van der Waals surface area contributed by atoms with Gasteiger partial charge < -0.3 is 4.74 Å². The van der Waals surface area contributed by atoms with Crippen LogP contribution in [0, 0.1) is 0 Å². The van der Waals surface area contributed by atoms with Crippen molar-refractivity contribution in [3.8, 4) is 0 Å². The van der Waals surface area contributed by atoms with E-state index in [1.165, 1.54) is 6.92 Å². The van der Waals surface area contributed by atoms with Crippen molar-refractivity contribution >= 4 is 5.97 Å². The monoisotopic (exact) mass is 156 g/mol. The van der Waals surface area contributed by atoms with E-state index in [2.05, 4.69) is 6.58 Å². The lowest BCUT2D eigenvalue weighted by Gasteiger charge is -2.28. The number of hydrogen-bond acceptors (Lipinski definition) is 2. The van der Waals surface area contributed by atoms with Gasteiger partial charge in [0.2, 0.25) is 0 Å². The van der Waals surface area contributed by atoms with Crippen molar-refractivity contribution in [1.29, 1.82) is 0 Å². The molecule has 0 heterocycles. The van der Waals surface area contributed by atoms with Crippen LogP contribution in [-0.4, -0.2) is 11.6 Å². The molecule has 0 aromatic carbocycles. The second kappa shape index (κ2) is 3.56. The van der Waals surface area contributed by atoms with Gasteiger partial charge >= 0.3 is 5.97 Å². The Morgan fingerprint density at radius 1 is 1.55 bits per heavy atom. The molecule has 0 rings (SSSR count). The molecule has 2 heteroatoms. The molecule has 0 amide bonds. The highest BCUT2D eigenvalue weighted by atomic mass is 16.6. The molecule has 0 bridgehead atoms. The van der Waals surface area contributed by atoms with Gasteiger partial charge in [0, 0.05) is 6.92 Å². The summed E-state index contributed by atoms with van der Waals surface area (Å²) < 4.78 is 5.11. The summed E-state index contributed by atoms with van der Waals surface area (Å²) in [6.07, 6.45) is 0.766. The Hall–Kier alpha value is -0.790. The van der Waals surface area contributed by atoms with Crippen LogP contribution in [0.15, 0.2) is 12.2 Å². The topological polar surface area (TPSA) is 26.3 Å². The van der Waals surface area contributed by atoms with Gasteiger partial charge in [0.25, 0.3) is 0 Å². The number of hydrogen-bond donors (Lipinski definition) is 0. The molecule has 0 fully saturated rings. The lowest BCUT2D eigenvalue weighted by molar-refractivity contribution is -0.152. The van der Waals surface area contributed by atoms with Crippen LogP contribution in [0.3, 0.4) is 0 Å². The normalized spacial score (nSPS) is 15.3. The average molecular weight is 156 g/mol. The van der Waals surface area contributed by atoms with E-state index in [1.807, 2.05) is 20.8 Å². The smallest absolute Gasteiger partial charge is 0.303 e.